The zero-order valence-electron chi connectivity index (χ0n) is 13.0. The highest BCUT2D eigenvalue weighted by molar-refractivity contribution is 7.91. The van der Waals surface area contributed by atoms with E-state index in [-0.39, 0.29) is 21.7 Å². The number of sulfonamides is 1. The van der Waals surface area contributed by atoms with Crippen LogP contribution in [0.2, 0.25) is 0 Å². The Hall–Kier alpha value is -1.65. The minimum absolute atomic E-state index is 0.0831. The Kier molecular flexibility index (Phi) is 4.78. The SMILES string of the molecule is NS(=O)(=O)c1cnc(NC2CCCC2c2ccccc2C(F)(F)F)s1. The van der Waals surface area contributed by atoms with Gasteiger partial charge in [-0.05, 0) is 24.5 Å². The Morgan fingerprint density at radius 2 is 1.96 bits per heavy atom. The van der Waals surface area contributed by atoms with Crippen molar-refractivity contribution in [3.63, 3.8) is 0 Å². The van der Waals surface area contributed by atoms with Crippen LogP contribution in [-0.4, -0.2) is 19.4 Å². The van der Waals surface area contributed by atoms with Crippen molar-refractivity contribution < 1.29 is 21.6 Å². The lowest BCUT2D eigenvalue weighted by atomic mass is 9.90. The maximum Gasteiger partial charge on any atom is 0.416 e. The first kappa shape index (κ1) is 18.2. The summed E-state index contributed by atoms with van der Waals surface area (Å²) in [5.74, 6) is -0.320. The van der Waals surface area contributed by atoms with Crippen LogP contribution in [0.4, 0.5) is 18.3 Å². The second-order valence-electron chi connectivity index (χ2n) is 5.90. The van der Waals surface area contributed by atoms with Gasteiger partial charge in [-0.1, -0.05) is 36.0 Å². The molecule has 1 aromatic carbocycles. The van der Waals surface area contributed by atoms with Crippen LogP contribution in [0, 0.1) is 0 Å². The van der Waals surface area contributed by atoms with Crippen LogP contribution in [0.25, 0.3) is 0 Å². The van der Waals surface area contributed by atoms with E-state index in [4.69, 9.17) is 5.14 Å². The van der Waals surface area contributed by atoms with Crippen molar-refractivity contribution in [2.75, 3.05) is 5.32 Å². The van der Waals surface area contributed by atoms with Crippen molar-refractivity contribution >= 4 is 26.5 Å². The molecule has 2 atom stereocenters. The van der Waals surface area contributed by atoms with Crippen molar-refractivity contribution in [1.29, 1.82) is 0 Å². The molecule has 10 heteroatoms. The number of benzene rings is 1. The number of primary sulfonamides is 1. The molecule has 3 N–H and O–H groups in total. The smallest absolute Gasteiger partial charge is 0.358 e. The number of hydrogen-bond acceptors (Lipinski definition) is 5. The minimum Gasteiger partial charge on any atom is -0.358 e. The highest BCUT2D eigenvalue weighted by Gasteiger charge is 2.38. The van der Waals surface area contributed by atoms with E-state index >= 15 is 0 Å². The van der Waals surface area contributed by atoms with Gasteiger partial charge in [0.2, 0.25) is 10.0 Å². The Balaban J connectivity index is 1.86. The van der Waals surface area contributed by atoms with Gasteiger partial charge < -0.3 is 5.32 Å². The van der Waals surface area contributed by atoms with E-state index in [1.54, 1.807) is 6.07 Å². The first-order valence-corrected chi connectivity index (χ1v) is 9.94. The number of rotatable bonds is 4. The molecular formula is C15H16F3N3O2S2. The van der Waals surface area contributed by atoms with Gasteiger partial charge in [-0.25, -0.2) is 18.5 Å². The average Bonchev–Trinajstić information content (AvgIpc) is 3.16. The molecule has 3 rings (SSSR count). The van der Waals surface area contributed by atoms with Gasteiger partial charge in [0, 0.05) is 12.0 Å². The Bertz CT molecular complexity index is 865. The molecule has 0 amide bonds. The van der Waals surface area contributed by atoms with Crippen LogP contribution in [0.5, 0.6) is 0 Å². The number of anilines is 1. The van der Waals surface area contributed by atoms with Crippen LogP contribution >= 0.6 is 11.3 Å². The molecule has 2 unspecified atom stereocenters. The molecule has 1 saturated carbocycles. The molecule has 0 spiro atoms. The van der Waals surface area contributed by atoms with Gasteiger partial charge in [0.25, 0.3) is 0 Å². The fraction of sp³-hybridized carbons (Fsp3) is 0.400. The Labute approximate surface area is 147 Å². The average molecular weight is 391 g/mol. The summed E-state index contributed by atoms with van der Waals surface area (Å²) in [5, 5.41) is 8.47. The van der Waals surface area contributed by atoms with Gasteiger partial charge in [0.05, 0.1) is 11.8 Å². The summed E-state index contributed by atoms with van der Waals surface area (Å²) in [6.07, 6.45) is -1.18. The Morgan fingerprint density at radius 3 is 2.60 bits per heavy atom. The van der Waals surface area contributed by atoms with Crippen molar-refractivity contribution in [3.8, 4) is 0 Å². The first-order valence-electron chi connectivity index (χ1n) is 7.57. The number of thiazole rings is 1. The fourth-order valence-corrected chi connectivity index (χ4v) is 4.71. The van der Waals surface area contributed by atoms with Crippen molar-refractivity contribution in [3.05, 3.63) is 41.6 Å². The number of aromatic nitrogens is 1. The molecule has 0 saturated heterocycles. The predicted octanol–water partition coefficient (Wildman–Crippen LogP) is 3.56. The molecule has 0 bridgehead atoms. The van der Waals surface area contributed by atoms with Gasteiger partial charge in [0.15, 0.2) is 9.34 Å². The number of alkyl halides is 3. The molecule has 1 aliphatic carbocycles. The third-order valence-electron chi connectivity index (χ3n) is 4.26. The zero-order valence-corrected chi connectivity index (χ0v) is 14.6. The summed E-state index contributed by atoms with van der Waals surface area (Å²) in [7, 11) is -3.84. The van der Waals surface area contributed by atoms with Gasteiger partial charge >= 0.3 is 6.18 Å². The lowest BCUT2D eigenvalue weighted by Gasteiger charge is -2.24. The molecule has 0 aliphatic heterocycles. The van der Waals surface area contributed by atoms with E-state index in [0.717, 1.165) is 30.0 Å². The zero-order chi connectivity index (χ0) is 18.2. The quantitative estimate of drug-likeness (QED) is 0.835. The van der Waals surface area contributed by atoms with E-state index in [9.17, 15) is 21.6 Å². The van der Waals surface area contributed by atoms with Crippen LogP contribution in [0.3, 0.4) is 0 Å². The highest BCUT2D eigenvalue weighted by Crippen LogP contribution is 2.42. The summed E-state index contributed by atoms with van der Waals surface area (Å²) in [5.41, 5.74) is -0.369. The molecule has 5 nitrogen and oxygen atoms in total. The summed E-state index contributed by atoms with van der Waals surface area (Å²) >= 11 is 0.876. The topological polar surface area (TPSA) is 85.1 Å². The van der Waals surface area contributed by atoms with Gasteiger partial charge in [0.1, 0.15) is 0 Å². The lowest BCUT2D eigenvalue weighted by Crippen LogP contribution is -2.24. The van der Waals surface area contributed by atoms with Gasteiger partial charge in [-0.15, -0.1) is 0 Å². The number of halogens is 3. The summed E-state index contributed by atoms with van der Waals surface area (Å²) in [6.45, 7) is 0. The van der Waals surface area contributed by atoms with Crippen LogP contribution in [0.1, 0.15) is 36.3 Å². The highest BCUT2D eigenvalue weighted by atomic mass is 32.2. The molecule has 0 radical (unpaired) electrons. The first-order chi connectivity index (χ1) is 11.7. The Morgan fingerprint density at radius 1 is 1.24 bits per heavy atom. The fourth-order valence-electron chi connectivity index (χ4n) is 3.20. The third kappa shape index (κ3) is 3.96. The van der Waals surface area contributed by atoms with Gasteiger partial charge in [-0.3, -0.25) is 0 Å². The minimum atomic E-state index is -4.41. The van der Waals surface area contributed by atoms with E-state index in [1.165, 1.54) is 12.1 Å². The largest absolute Gasteiger partial charge is 0.416 e. The maximum atomic E-state index is 13.3. The van der Waals surface area contributed by atoms with Crippen molar-refractivity contribution in [1.82, 2.24) is 4.98 Å². The molecule has 1 aliphatic rings. The third-order valence-corrected chi connectivity index (χ3v) is 6.59. The maximum absolute atomic E-state index is 13.3. The van der Waals surface area contributed by atoms with Crippen molar-refractivity contribution in [2.45, 2.75) is 41.6 Å². The number of nitrogens with one attached hydrogen (secondary N) is 1. The number of nitrogens with two attached hydrogens (primary N) is 1. The molecule has 1 fully saturated rings. The summed E-state index contributed by atoms with van der Waals surface area (Å²) in [6, 6.07) is 5.33. The second kappa shape index (κ2) is 6.58. The lowest BCUT2D eigenvalue weighted by molar-refractivity contribution is -0.138. The normalized spacial score (nSPS) is 21.4. The second-order valence-corrected chi connectivity index (χ2v) is 8.72. The molecular weight excluding hydrogens is 375 g/mol. The van der Waals surface area contributed by atoms with Crippen LogP contribution < -0.4 is 10.5 Å². The predicted molar refractivity (Wildman–Crippen MR) is 88.9 cm³/mol. The summed E-state index contributed by atoms with van der Waals surface area (Å²) in [4.78, 5) is 3.97. The molecule has 136 valence electrons. The molecule has 2 aromatic rings. The molecule has 1 aromatic heterocycles. The van der Waals surface area contributed by atoms with E-state index in [2.05, 4.69) is 10.3 Å². The van der Waals surface area contributed by atoms with Crippen LogP contribution in [-0.2, 0) is 16.2 Å². The van der Waals surface area contributed by atoms with E-state index in [0.29, 0.717) is 18.0 Å². The summed E-state index contributed by atoms with van der Waals surface area (Å²) < 4.78 is 62.4. The number of nitrogens with zero attached hydrogens (tertiary/aromatic N) is 1. The van der Waals surface area contributed by atoms with Crippen molar-refractivity contribution in [2.24, 2.45) is 5.14 Å². The van der Waals surface area contributed by atoms with E-state index in [1.807, 2.05) is 0 Å². The van der Waals surface area contributed by atoms with E-state index < -0.39 is 21.8 Å². The van der Waals surface area contributed by atoms with Crippen LogP contribution in [0.15, 0.2) is 34.7 Å². The molecule has 1 heterocycles. The van der Waals surface area contributed by atoms with Gasteiger partial charge in [-0.2, -0.15) is 13.2 Å². The standard InChI is InChI=1S/C15H16F3N3O2S2/c16-15(17,18)11-6-2-1-4-9(11)10-5-3-7-12(10)21-14-20-8-13(24-14)25(19,22)23/h1-2,4,6,8,10,12H,3,5,7H2,(H,20,21)(H2,19,22,23). The monoisotopic (exact) mass is 391 g/mol. The molecule has 25 heavy (non-hydrogen) atoms. The number of hydrogen-bond donors (Lipinski definition) is 2.